The van der Waals surface area contributed by atoms with E-state index in [2.05, 4.69) is 27.4 Å². The molecular weight excluding hydrogens is 264 g/mol. The molecule has 3 saturated heterocycles. The van der Waals surface area contributed by atoms with Crippen molar-refractivity contribution in [2.75, 3.05) is 33.2 Å². The van der Waals surface area contributed by atoms with Crippen LogP contribution in [0.1, 0.15) is 39.0 Å². The smallest absolute Gasteiger partial charge is 0.191 e. The van der Waals surface area contributed by atoms with Gasteiger partial charge in [-0.15, -0.1) is 0 Å². The molecule has 3 fully saturated rings. The minimum Gasteiger partial charge on any atom is -0.373 e. The maximum Gasteiger partial charge on any atom is 0.191 e. The van der Waals surface area contributed by atoms with Crippen LogP contribution >= 0.6 is 0 Å². The van der Waals surface area contributed by atoms with Crippen LogP contribution in [0.4, 0.5) is 0 Å². The second kappa shape index (κ2) is 6.97. The Kier molecular flexibility index (Phi) is 5.01. The van der Waals surface area contributed by atoms with Crippen molar-refractivity contribution in [3.05, 3.63) is 0 Å². The van der Waals surface area contributed by atoms with Crippen molar-refractivity contribution < 1.29 is 4.74 Å². The first kappa shape index (κ1) is 15.1. The Labute approximate surface area is 128 Å². The number of rotatable bonds is 4. The molecule has 3 heterocycles. The van der Waals surface area contributed by atoms with Crippen molar-refractivity contribution >= 4 is 5.96 Å². The Morgan fingerprint density at radius 3 is 2.67 bits per heavy atom. The lowest BCUT2D eigenvalue weighted by Crippen LogP contribution is -2.49. The predicted octanol–water partition coefficient (Wildman–Crippen LogP) is 1.20. The van der Waals surface area contributed by atoms with Gasteiger partial charge >= 0.3 is 0 Å². The fraction of sp³-hybridized carbons (Fsp3) is 0.938. The average Bonchev–Trinajstić information content (AvgIpc) is 3.11. The summed E-state index contributed by atoms with van der Waals surface area (Å²) in [5, 5.41) is 6.99. The van der Waals surface area contributed by atoms with E-state index < -0.39 is 0 Å². The number of guanidine groups is 1. The molecule has 2 bridgehead atoms. The second-order valence-corrected chi connectivity index (χ2v) is 6.88. The van der Waals surface area contributed by atoms with Crippen LogP contribution in [0, 0.1) is 5.92 Å². The number of fused-ring (bicyclic) bond motifs is 2. The Balaban J connectivity index is 1.35. The van der Waals surface area contributed by atoms with Crippen LogP contribution in [0.2, 0.25) is 0 Å². The van der Waals surface area contributed by atoms with Gasteiger partial charge in [-0.2, -0.15) is 0 Å². The average molecular weight is 294 g/mol. The quantitative estimate of drug-likeness (QED) is 0.604. The van der Waals surface area contributed by atoms with Gasteiger partial charge in [0.25, 0.3) is 0 Å². The molecule has 0 amide bonds. The van der Waals surface area contributed by atoms with E-state index >= 15 is 0 Å². The molecule has 0 aromatic carbocycles. The van der Waals surface area contributed by atoms with Crippen LogP contribution in [0.15, 0.2) is 4.99 Å². The van der Waals surface area contributed by atoms with Gasteiger partial charge < -0.3 is 20.3 Å². The van der Waals surface area contributed by atoms with Crippen molar-refractivity contribution in [3.8, 4) is 0 Å². The van der Waals surface area contributed by atoms with Gasteiger partial charge in [-0.3, -0.25) is 4.99 Å². The van der Waals surface area contributed by atoms with E-state index in [0.29, 0.717) is 18.2 Å². The van der Waals surface area contributed by atoms with Crippen LogP contribution in [0.3, 0.4) is 0 Å². The molecule has 120 valence electrons. The summed E-state index contributed by atoms with van der Waals surface area (Å²) in [7, 11) is 1.85. The standard InChI is InChI=1S/C16H30N4O/c1-12-5-8-20(9-6-12)10-7-18-16(17-2)19-14-11-13-3-4-15(14)21-13/h12-15H,3-11H2,1-2H3,(H2,17,18,19). The number of ether oxygens (including phenoxy) is 1. The molecule has 0 radical (unpaired) electrons. The van der Waals surface area contributed by atoms with E-state index in [0.717, 1.165) is 31.4 Å². The van der Waals surface area contributed by atoms with Gasteiger partial charge in [0, 0.05) is 20.1 Å². The third kappa shape index (κ3) is 3.89. The monoisotopic (exact) mass is 294 g/mol. The molecule has 0 saturated carbocycles. The highest BCUT2D eigenvalue weighted by molar-refractivity contribution is 5.80. The van der Waals surface area contributed by atoms with Crippen LogP contribution in [0.25, 0.3) is 0 Å². The molecular formula is C16H30N4O. The summed E-state index contributed by atoms with van der Waals surface area (Å²) < 4.78 is 5.89. The van der Waals surface area contributed by atoms with Gasteiger partial charge in [0.2, 0.25) is 0 Å². The van der Waals surface area contributed by atoms with E-state index in [1.807, 2.05) is 7.05 Å². The summed E-state index contributed by atoms with van der Waals surface area (Å²) in [5.74, 6) is 1.84. The highest BCUT2D eigenvalue weighted by Crippen LogP contribution is 2.34. The van der Waals surface area contributed by atoms with E-state index in [-0.39, 0.29) is 0 Å². The molecule has 21 heavy (non-hydrogen) atoms. The summed E-state index contributed by atoms with van der Waals surface area (Å²) in [4.78, 5) is 6.91. The highest BCUT2D eigenvalue weighted by Gasteiger charge is 2.41. The zero-order chi connectivity index (χ0) is 14.7. The first-order valence-electron chi connectivity index (χ1n) is 8.59. The Morgan fingerprint density at radius 2 is 2.05 bits per heavy atom. The van der Waals surface area contributed by atoms with Gasteiger partial charge in [0.15, 0.2) is 5.96 Å². The summed E-state index contributed by atoms with van der Waals surface area (Å²) in [6, 6.07) is 0.450. The number of hydrogen-bond acceptors (Lipinski definition) is 3. The zero-order valence-corrected chi connectivity index (χ0v) is 13.5. The third-order valence-corrected chi connectivity index (χ3v) is 5.25. The summed E-state index contributed by atoms with van der Waals surface area (Å²) in [6.45, 7) is 6.93. The van der Waals surface area contributed by atoms with Crippen LogP contribution in [0.5, 0.6) is 0 Å². The molecule has 0 aromatic heterocycles. The Morgan fingerprint density at radius 1 is 1.24 bits per heavy atom. The SMILES string of the molecule is CN=C(NCCN1CCC(C)CC1)NC1CC2CCC1O2. The predicted molar refractivity (Wildman–Crippen MR) is 85.6 cm³/mol. The molecule has 3 aliphatic heterocycles. The minimum atomic E-state index is 0.400. The number of hydrogen-bond donors (Lipinski definition) is 2. The van der Waals surface area contributed by atoms with Crippen molar-refractivity contribution in [1.82, 2.24) is 15.5 Å². The Hall–Kier alpha value is -0.810. The molecule has 5 heteroatoms. The van der Waals surface area contributed by atoms with Crippen LogP contribution in [-0.4, -0.2) is 62.3 Å². The third-order valence-electron chi connectivity index (χ3n) is 5.25. The van der Waals surface area contributed by atoms with Crippen molar-refractivity contribution in [3.63, 3.8) is 0 Å². The van der Waals surface area contributed by atoms with E-state index in [9.17, 15) is 0 Å². The molecule has 2 N–H and O–H groups in total. The number of nitrogens with one attached hydrogen (secondary N) is 2. The summed E-state index contributed by atoms with van der Waals surface area (Å²) in [5.41, 5.74) is 0. The zero-order valence-electron chi connectivity index (χ0n) is 13.5. The van der Waals surface area contributed by atoms with E-state index in [1.54, 1.807) is 0 Å². The largest absolute Gasteiger partial charge is 0.373 e. The van der Waals surface area contributed by atoms with E-state index in [1.165, 1.54) is 38.8 Å². The maximum atomic E-state index is 5.89. The molecule has 3 unspecified atom stereocenters. The van der Waals surface area contributed by atoms with Gasteiger partial charge in [-0.1, -0.05) is 6.92 Å². The highest BCUT2D eigenvalue weighted by atomic mass is 16.5. The van der Waals surface area contributed by atoms with Gasteiger partial charge in [0.1, 0.15) is 0 Å². The fourth-order valence-corrected chi connectivity index (χ4v) is 3.78. The number of piperidine rings is 1. The van der Waals surface area contributed by atoms with Crippen molar-refractivity contribution in [2.45, 2.75) is 57.3 Å². The fourth-order valence-electron chi connectivity index (χ4n) is 3.78. The molecule has 0 aliphatic carbocycles. The second-order valence-electron chi connectivity index (χ2n) is 6.88. The lowest BCUT2D eigenvalue weighted by molar-refractivity contribution is 0.0992. The Bertz CT molecular complexity index is 365. The molecule has 5 nitrogen and oxygen atoms in total. The first-order chi connectivity index (χ1) is 10.2. The molecule has 0 spiro atoms. The first-order valence-corrected chi connectivity index (χ1v) is 8.59. The molecule has 3 atom stereocenters. The van der Waals surface area contributed by atoms with Crippen molar-refractivity contribution in [2.24, 2.45) is 10.9 Å². The van der Waals surface area contributed by atoms with Crippen LogP contribution < -0.4 is 10.6 Å². The topological polar surface area (TPSA) is 48.9 Å². The maximum absolute atomic E-state index is 5.89. The molecule has 0 aromatic rings. The van der Waals surface area contributed by atoms with Crippen LogP contribution in [-0.2, 0) is 4.74 Å². The van der Waals surface area contributed by atoms with Gasteiger partial charge in [-0.25, -0.2) is 0 Å². The van der Waals surface area contributed by atoms with Gasteiger partial charge in [-0.05, 0) is 51.1 Å². The number of aliphatic imine (C=N–C) groups is 1. The van der Waals surface area contributed by atoms with E-state index in [4.69, 9.17) is 4.74 Å². The minimum absolute atomic E-state index is 0.400. The summed E-state index contributed by atoms with van der Waals surface area (Å²) in [6.07, 6.45) is 7.14. The number of likely N-dealkylation sites (tertiary alicyclic amines) is 1. The van der Waals surface area contributed by atoms with Gasteiger partial charge in [0.05, 0.1) is 18.2 Å². The molecule has 3 rings (SSSR count). The van der Waals surface area contributed by atoms with Crippen molar-refractivity contribution in [1.29, 1.82) is 0 Å². The summed E-state index contributed by atoms with van der Waals surface area (Å²) >= 11 is 0. The lowest BCUT2D eigenvalue weighted by atomic mass is 9.96. The molecule has 3 aliphatic rings. The lowest BCUT2D eigenvalue weighted by Gasteiger charge is -2.30. The number of nitrogens with zero attached hydrogens (tertiary/aromatic N) is 2. The normalized spacial score (nSPS) is 34.4.